The minimum absolute atomic E-state index is 0.206. The number of hydrogen-bond donors (Lipinski definition) is 0. The van der Waals surface area contributed by atoms with Crippen LogP contribution in [0, 0.1) is 0 Å². The fourth-order valence-corrected chi connectivity index (χ4v) is 1.80. The molecule has 1 aromatic heterocycles. The second-order valence-corrected chi connectivity index (χ2v) is 4.90. The van der Waals surface area contributed by atoms with Gasteiger partial charge >= 0.3 is 6.18 Å². The van der Waals surface area contributed by atoms with Crippen LogP contribution in [0.2, 0.25) is 0 Å². The molecule has 0 unspecified atom stereocenters. The van der Waals surface area contributed by atoms with E-state index in [0.717, 1.165) is 0 Å². The van der Waals surface area contributed by atoms with Crippen molar-refractivity contribution in [3.8, 4) is 0 Å². The molecule has 0 aliphatic carbocycles. The van der Waals surface area contributed by atoms with E-state index in [4.69, 9.17) is 11.6 Å². The maximum absolute atomic E-state index is 12.3. The Balaban J connectivity index is 2.95. The largest absolute Gasteiger partial charge is 0.452 e. The summed E-state index contributed by atoms with van der Waals surface area (Å²) in [7, 11) is 1.64. The van der Waals surface area contributed by atoms with Crippen LogP contribution >= 0.6 is 23.1 Å². The van der Waals surface area contributed by atoms with Gasteiger partial charge in [0.2, 0.25) is 11.0 Å². The fraction of sp³-hybridized carbons (Fsp3) is 0.750. The lowest BCUT2D eigenvalue weighted by Crippen LogP contribution is -2.42. The minimum atomic E-state index is -4.50. The van der Waals surface area contributed by atoms with Gasteiger partial charge in [-0.2, -0.15) is 22.5 Å². The highest BCUT2D eigenvalue weighted by molar-refractivity contribution is 7.09. The summed E-state index contributed by atoms with van der Waals surface area (Å²) in [6.07, 6.45) is -4.50. The van der Waals surface area contributed by atoms with E-state index < -0.39 is 17.5 Å². The zero-order valence-electron chi connectivity index (χ0n) is 8.97. The normalized spacial score (nSPS) is 12.9. The highest BCUT2D eigenvalue weighted by atomic mass is 35.5. The average molecular weight is 274 g/mol. The Morgan fingerprint density at radius 3 is 2.31 bits per heavy atom. The van der Waals surface area contributed by atoms with Gasteiger partial charge in [0.1, 0.15) is 0 Å². The summed E-state index contributed by atoms with van der Waals surface area (Å²) in [4.78, 5) is 5.04. The van der Waals surface area contributed by atoms with Crippen LogP contribution in [0.15, 0.2) is 0 Å². The van der Waals surface area contributed by atoms with Crippen molar-refractivity contribution in [1.29, 1.82) is 0 Å². The van der Waals surface area contributed by atoms with E-state index in [9.17, 15) is 13.2 Å². The molecule has 1 rings (SSSR count). The van der Waals surface area contributed by atoms with Crippen molar-refractivity contribution in [2.24, 2.45) is 0 Å². The molecule has 0 aromatic carbocycles. The number of alkyl halides is 4. The van der Waals surface area contributed by atoms with Crippen LogP contribution < -0.4 is 4.90 Å². The maximum atomic E-state index is 12.3. The topological polar surface area (TPSA) is 29.0 Å². The number of aromatic nitrogens is 2. The summed E-state index contributed by atoms with van der Waals surface area (Å²) in [6.45, 7) is 3.63. The van der Waals surface area contributed by atoms with E-state index in [1.54, 1.807) is 11.9 Å². The van der Waals surface area contributed by atoms with Gasteiger partial charge in [-0.3, -0.25) is 0 Å². The Morgan fingerprint density at radius 2 is 1.94 bits per heavy atom. The van der Waals surface area contributed by atoms with Gasteiger partial charge in [-0.25, -0.2) is 0 Å². The highest BCUT2D eigenvalue weighted by Crippen LogP contribution is 2.32. The van der Waals surface area contributed by atoms with E-state index in [-0.39, 0.29) is 11.0 Å². The number of anilines is 1. The second-order valence-electron chi connectivity index (χ2n) is 3.90. The Labute approximate surface area is 100 Å². The first-order valence-electron chi connectivity index (χ1n) is 4.39. The Kier molecular flexibility index (Phi) is 3.69. The molecule has 1 heterocycles. The van der Waals surface area contributed by atoms with Crippen LogP contribution in [0.1, 0.15) is 19.7 Å². The van der Waals surface area contributed by atoms with Crippen molar-refractivity contribution in [3.63, 3.8) is 0 Å². The van der Waals surface area contributed by atoms with Gasteiger partial charge in [0.15, 0.2) is 0 Å². The van der Waals surface area contributed by atoms with E-state index >= 15 is 0 Å². The van der Waals surface area contributed by atoms with Crippen molar-refractivity contribution >= 4 is 28.3 Å². The quantitative estimate of drug-likeness (QED) is 0.793. The molecule has 0 saturated carbocycles. The van der Waals surface area contributed by atoms with Crippen LogP contribution in [-0.2, 0) is 6.18 Å². The van der Waals surface area contributed by atoms with Crippen LogP contribution in [0.5, 0.6) is 0 Å². The maximum Gasteiger partial charge on any atom is 0.452 e. The predicted molar refractivity (Wildman–Crippen MR) is 58.1 cm³/mol. The molecule has 3 nitrogen and oxygen atoms in total. The molecule has 0 spiro atoms. The van der Waals surface area contributed by atoms with Gasteiger partial charge in [-0.1, -0.05) is 0 Å². The van der Waals surface area contributed by atoms with Crippen LogP contribution in [0.3, 0.4) is 0 Å². The first kappa shape index (κ1) is 13.5. The lowest BCUT2D eigenvalue weighted by Gasteiger charge is -2.33. The third-order valence-electron chi connectivity index (χ3n) is 2.19. The van der Waals surface area contributed by atoms with Gasteiger partial charge in [0.25, 0.3) is 0 Å². The Bertz CT molecular complexity index is 364. The molecule has 16 heavy (non-hydrogen) atoms. The van der Waals surface area contributed by atoms with Gasteiger partial charge in [-0.15, -0.1) is 11.6 Å². The summed E-state index contributed by atoms with van der Waals surface area (Å²) in [5, 5.41) is 0.206. The van der Waals surface area contributed by atoms with E-state index in [0.29, 0.717) is 11.5 Å². The number of rotatable bonds is 3. The molecule has 0 saturated heterocycles. The monoisotopic (exact) mass is 273 g/mol. The van der Waals surface area contributed by atoms with E-state index in [1.165, 1.54) is 0 Å². The molecule has 0 aliphatic rings. The number of halogens is 4. The van der Waals surface area contributed by atoms with Gasteiger partial charge < -0.3 is 4.90 Å². The molecular weight excluding hydrogens is 263 g/mol. The average Bonchev–Trinajstić information content (AvgIpc) is 2.64. The fourth-order valence-electron chi connectivity index (χ4n) is 0.815. The van der Waals surface area contributed by atoms with Crippen molar-refractivity contribution in [2.75, 3.05) is 17.8 Å². The lowest BCUT2D eigenvalue weighted by atomic mass is 10.1. The summed E-state index contributed by atoms with van der Waals surface area (Å²) in [5.41, 5.74) is -0.468. The van der Waals surface area contributed by atoms with Crippen LogP contribution in [0.25, 0.3) is 0 Å². The third-order valence-corrected chi connectivity index (χ3v) is 3.64. The first-order chi connectivity index (χ1) is 7.18. The molecule has 0 atom stereocenters. The standard InChI is InChI=1S/C8H11ClF3N3S/c1-7(2,4-9)15(3)6-13-5(14-16-6)8(10,11)12/h4H2,1-3H3. The molecule has 0 N–H and O–H groups in total. The molecule has 0 aliphatic heterocycles. The minimum Gasteiger partial charge on any atom is -0.344 e. The van der Waals surface area contributed by atoms with Gasteiger partial charge in [0.05, 0.1) is 0 Å². The zero-order valence-corrected chi connectivity index (χ0v) is 10.5. The van der Waals surface area contributed by atoms with Crippen molar-refractivity contribution < 1.29 is 13.2 Å². The Hall–Kier alpha value is -0.560. The molecule has 0 bridgehead atoms. The first-order valence-corrected chi connectivity index (χ1v) is 5.70. The molecule has 8 heteroatoms. The van der Waals surface area contributed by atoms with Gasteiger partial charge in [-0.05, 0) is 13.8 Å². The summed E-state index contributed by atoms with van der Waals surface area (Å²) in [5.74, 6) is -0.825. The highest BCUT2D eigenvalue weighted by Gasteiger charge is 2.37. The van der Waals surface area contributed by atoms with Crippen LogP contribution in [0.4, 0.5) is 18.3 Å². The summed E-state index contributed by atoms with van der Waals surface area (Å²) in [6, 6.07) is 0. The number of hydrogen-bond acceptors (Lipinski definition) is 4. The van der Waals surface area contributed by atoms with Crippen molar-refractivity contribution in [3.05, 3.63) is 5.82 Å². The molecular formula is C8H11ClF3N3S. The van der Waals surface area contributed by atoms with E-state index in [1.807, 2.05) is 13.8 Å². The van der Waals surface area contributed by atoms with Gasteiger partial charge in [0, 0.05) is 30.0 Å². The second kappa shape index (κ2) is 4.37. The molecule has 0 fully saturated rings. The molecule has 0 radical (unpaired) electrons. The Morgan fingerprint density at radius 1 is 1.38 bits per heavy atom. The zero-order chi connectivity index (χ0) is 12.6. The molecule has 92 valence electrons. The lowest BCUT2D eigenvalue weighted by molar-refractivity contribution is -0.144. The van der Waals surface area contributed by atoms with Crippen molar-refractivity contribution in [2.45, 2.75) is 25.6 Å². The summed E-state index contributed by atoms with van der Waals surface area (Å²) < 4.78 is 40.1. The SMILES string of the molecule is CN(c1nc(C(F)(F)F)ns1)C(C)(C)CCl. The predicted octanol–water partition coefficient (Wildman–Crippen LogP) is 3.01. The van der Waals surface area contributed by atoms with Crippen LogP contribution in [-0.4, -0.2) is 27.8 Å². The third kappa shape index (κ3) is 2.76. The van der Waals surface area contributed by atoms with E-state index in [2.05, 4.69) is 9.36 Å². The smallest absolute Gasteiger partial charge is 0.344 e. The summed E-state index contributed by atoms with van der Waals surface area (Å²) >= 11 is 6.44. The number of nitrogens with zero attached hydrogens (tertiary/aromatic N) is 3. The van der Waals surface area contributed by atoms with Crippen molar-refractivity contribution in [1.82, 2.24) is 9.36 Å². The molecule has 1 aromatic rings. The molecule has 0 amide bonds.